The first-order chi connectivity index (χ1) is 11.6. The Labute approximate surface area is 146 Å². The maximum atomic E-state index is 14.6. The molecular weight excluding hydrogens is 327 g/mol. The van der Waals surface area contributed by atoms with E-state index in [-0.39, 0.29) is 12.2 Å². The van der Waals surface area contributed by atoms with Gasteiger partial charge in [-0.05, 0) is 35.7 Å². The lowest BCUT2D eigenvalue weighted by Crippen LogP contribution is -1.98. The van der Waals surface area contributed by atoms with Crippen LogP contribution in [0.1, 0.15) is 23.1 Å². The average Bonchev–Trinajstić information content (AvgIpc) is 2.89. The molecule has 0 aliphatic heterocycles. The lowest BCUT2D eigenvalue weighted by Gasteiger charge is -2.13. The molecule has 0 heterocycles. The molecule has 0 fully saturated rings. The van der Waals surface area contributed by atoms with Crippen molar-refractivity contribution < 1.29 is 13.9 Å². The maximum Gasteiger partial charge on any atom is 0.167 e. The van der Waals surface area contributed by atoms with Gasteiger partial charge in [0.05, 0.1) is 19.1 Å². The van der Waals surface area contributed by atoms with Crippen LogP contribution in [0.3, 0.4) is 0 Å². The average molecular weight is 345 g/mol. The summed E-state index contributed by atoms with van der Waals surface area (Å²) >= 11 is 6.00. The number of ether oxygens (including phenoxy) is 2. The predicted molar refractivity (Wildman–Crippen MR) is 94.1 cm³/mol. The second kappa shape index (κ2) is 7.10. The van der Waals surface area contributed by atoms with Crippen LogP contribution in [0.2, 0.25) is 5.02 Å². The molecule has 0 radical (unpaired) electrons. The summed E-state index contributed by atoms with van der Waals surface area (Å²) < 4.78 is 25.9. The number of rotatable bonds is 5. The predicted octanol–water partition coefficient (Wildman–Crippen LogP) is 5.81. The summed E-state index contributed by atoms with van der Waals surface area (Å²) in [5.74, 6) is 0.720. The van der Waals surface area contributed by atoms with Crippen LogP contribution < -0.4 is 0 Å². The number of benzene rings is 2. The largest absolute Gasteiger partial charge is 0.492 e. The Hall–Kier alpha value is -2.26. The Balaban J connectivity index is 1.89. The molecule has 3 rings (SSSR count). The first-order valence-electron chi connectivity index (χ1n) is 7.69. The van der Waals surface area contributed by atoms with Crippen LogP contribution in [0.25, 0.3) is 5.57 Å². The van der Waals surface area contributed by atoms with E-state index in [2.05, 4.69) is 0 Å². The Morgan fingerprint density at radius 3 is 2.54 bits per heavy atom. The van der Waals surface area contributed by atoms with Crippen LogP contribution in [0, 0.1) is 6.92 Å². The Kier molecular flexibility index (Phi) is 4.91. The molecule has 0 aromatic heterocycles. The first-order valence-corrected chi connectivity index (χ1v) is 8.07. The topological polar surface area (TPSA) is 18.5 Å². The second-order valence-corrected chi connectivity index (χ2v) is 6.08. The van der Waals surface area contributed by atoms with Crippen LogP contribution >= 0.6 is 11.6 Å². The fourth-order valence-corrected chi connectivity index (χ4v) is 3.05. The van der Waals surface area contributed by atoms with Gasteiger partial charge >= 0.3 is 0 Å². The van der Waals surface area contributed by atoms with Gasteiger partial charge in [-0.2, -0.15) is 0 Å². The van der Waals surface area contributed by atoms with Crippen molar-refractivity contribution in [3.05, 3.63) is 87.6 Å². The molecule has 124 valence electrons. The second-order valence-electron chi connectivity index (χ2n) is 5.65. The molecule has 0 atom stereocenters. The smallest absolute Gasteiger partial charge is 0.167 e. The van der Waals surface area contributed by atoms with Gasteiger partial charge in [-0.25, -0.2) is 4.39 Å². The molecule has 0 unspecified atom stereocenters. The molecule has 0 bridgehead atoms. The number of hydrogen-bond acceptors (Lipinski definition) is 2. The zero-order chi connectivity index (χ0) is 17.1. The van der Waals surface area contributed by atoms with Gasteiger partial charge in [0.25, 0.3) is 0 Å². The molecule has 4 heteroatoms. The summed E-state index contributed by atoms with van der Waals surface area (Å²) in [5, 5.41) is 0.624. The molecule has 0 saturated heterocycles. The maximum absolute atomic E-state index is 14.6. The normalized spacial score (nSPS) is 14.3. The Bertz CT molecular complexity index is 810. The van der Waals surface area contributed by atoms with E-state index in [1.807, 2.05) is 49.4 Å². The highest BCUT2D eigenvalue weighted by molar-refractivity contribution is 6.30. The lowest BCUT2D eigenvalue weighted by molar-refractivity contribution is 0.169. The first kappa shape index (κ1) is 16.6. The zero-order valence-corrected chi connectivity index (χ0v) is 14.4. The van der Waals surface area contributed by atoms with Crippen molar-refractivity contribution in [1.82, 2.24) is 0 Å². The van der Waals surface area contributed by atoms with Crippen molar-refractivity contribution in [3.63, 3.8) is 0 Å². The highest BCUT2D eigenvalue weighted by Crippen LogP contribution is 2.42. The van der Waals surface area contributed by atoms with Crippen LogP contribution in [0.4, 0.5) is 4.39 Å². The van der Waals surface area contributed by atoms with Gasteiger partial charge in [0, 0.05) is 5.02 Å². The molecule has 2 nitrogen and oxygen atoms in total. The number of hydrogen-bond donors (Lipinski definition) is 0. The van der Waals surface area contributed by atoms with Gasteiger partial charge < -0.3 is 9.47 Å². The summed E-state index contributed by atoms with van der Waals surface area (Å²) in [6.45, 7) is 2.28. The molecule has 0 amide bonds. The molecule has 0 spiro atoms. The third-order valence-corrected chi connectivity index (χ3v) is 4.22. The standard InChI is InChI=1S/C20H18ClFO2/c1-13-10-15(21)8-9-16(13)19-17(22)11-18(20(19)23-2)24-12-14-6-4-3-5-7-14/h3-10H,11-12H2,1-2H3. The van der Waals surface area contributed by atoms with Crippen LogP contribution in [-0.2, 0) is 16.1 Å². The van der Waals surface area contributed by atoms with Crippen LogP contribution in [0.15, 0.2) is 65.9 Å². The summed E-state index contributed by atoms with van der Waals surface area (Å²) in [6.07, 6.45) is 0.105. The molecule has 0 saturated carbocycles. The fourth-order valence-electron chi connectivity index (χ4n) is 2.83. The summed E-state index contributed by atoms with van der Waals surface area (Å²) in [5.41, 5.74) is 3.14. The molecule has 24 heavy (non-hydrogen) atoms. The Morgan fingerprint density at radius 2 is 1.88 bits per heavy atom. The van der Waals surface area contributed by atoms with E-state index in [1.165, 1.54) is 7.11 Å². The zero-order valence-electron chi connectivity index (χ0n) is 13.6. The lowest BCUT2D eigenvalue weighted by atomic mass is 10.0. The molecule has 2 aromatic rings. The van der Waals surface area contributed by atoms with Gasteiger partial charge in [0.15, 0.2) is 5.76 Å². The fraction of sp³-hybridized carbons (Fsp3) is 0.200. The minimum Gasteiger partial charge on any atom is -0.492 e. The minimum absolute atomic E-state index is 0.105. The summed E-state index contributed by atoms with van der Waals surface area (Å²) in [4.78, 5) is 0. The van der Waals surface area contributed by atoms with Crippen molar-refractivity contribution in [2.45, 2.75) is 20.0 Å². The van der Waals surface area contributed by atoms with E-state index in [4.69, 9.17) is 21.1 Å². The van der Waals surface area contributed by atoms with Crippen LogP contribution in [0.5, 0.6) is 0 Å². The summed E-state index contributed by atoms with van der Waals surface area (Å²) in [7, 11) is 1.53. The van der Waals surface area contributed by atoms with E-state index in [0.29, 0.717) is 28.7 Å². The van der Waals surface area contributed by atoms with Crippen molar-refractivity contribution in [3.8, 4) is 0 Å². The van der Waals surface area contributed by atoms with E-state index in [9.17, 15) is 4.39 Å². The van der Waals surface area contributed by atoms with Gasteiger partial charge in [0.1, 0.15) is 18.2 Å². The van der Waals surface area contributed by atoms with Crippen molar-refractivity contribution in [2.24, 2.45) is 0 Å². The third kappa shape index (κ3) is 3.31. The summed E-state index contributed by atoms with van der Waals surface area (Å²) in [6, 6.07) is 15.1. The minimum atomic E-state index is -0.250. The molecular formula is C20H18ClFO2. The van der Waals surface area contributed by atoms with Crippen molar-refractivity contribution >= 4 is 17.2 Å². The molecule has 1 aliphatic carbocycles. The van der Waals surface area contributed by atoms with E-state index in [0.717, 1.165) is 16.7 Å². The third-order valence-electron chi connectivity index (χ3n) is 3.99. The van der Waals surface area contributed by atoms with E-state index in [1.54, 1.807) is 6.07 Å². The van der Waals surface area contributed by atoms with Crippen LogP contribution in [-0.4, -0.2) is 7.11 Å². The van der Waals surface area contributed by atoms with Gasteiger partial charge in [-0.1, -0.05) is 48.0 Å². The highest BCUT2D eigenvalue weighted by Gasteiger charge is 2.29. The van der Waals surface area contributed by atoms with Crippen molar-refractivity contribution in [1.29, 1.82) is 0 Å². The van der Waals surface area contributed by atoms with Gasteiger partial charge in [0.2, 0.25) is 0 Å². The SMILES string of the molecule is COC1=C(OCc2ccccc2)CC(F)=C1c1ccc(Cl)cc1C. The van der Waals surface area contributed by atoms with Gasteiger partial charge in [-0.15, -0.1) is 0 Å². The Morgan fingerprint density at radius 1 is 1.12 bits per heavy atom. The number of halogens is 2. The number of methoxy groups -OCH3 is 1. The van der Waals surface area contributed by atoms with Gasteiger partial charge in [-0.3, -0.25) is 0 Å². The quantitative estimate of drug-likeness (QED) is 0.681. The number of aryl methyl sites for hydroxylation is 1. The molecule has 1 aliphatic rings. The van der Waals surface area contributed by atoms with Crippen molar-refractivity contribution in [2.75, 3.05) is 7.11 Å². The molecule has 0 N–H and O–H groups in total. The monoisotopic (exact) mass is 344 g/mol. The van der Waals surface area contributed by atoms with E-state index >= 15 is 0 Å². The highest BCUT2D eigenvalue weighted by atomic mass is 35.5. The van der Waals surface area contributed by atoms with E-state index < -0.39 is 0 Å². The number of allylic oxidation sites excluding steroid dienone is 2. The molecule has 2 aromatic carbocycles.